The van der Waals surface area contributed by atoms with Gasteiger partial charge < -0.3 is 14.1 Å². The molecule has 0 saturated heterocycles. The molecule has 0 radical (unpaired) electrons. The molecule has 0 saturated carbocycles. The van der Waals surface area contributed by atoms with Crippen LogP contribution in [0.4, 0.5) is 5.69 Å². The van der Waals surface area contributed by atoms with Crippen LogP contribution in [0.25, 0.3) is 11.5 Å². The minimum Gasteiger partial charge on any atom is -0.497 e. The molecule has 2 aromatic carbocycles. The van der Waals surface area contributed by atoms with Crippen molar-refractivity contribution in [3.63, 3.8) is 0 Å². The Kier molecular flexibility index (Phi) is 4.39. The van der Waals surface area contributed by atoms with Crippen LogP contribution in [-0.4, -0.2) is 29.8 Å². The van der Waals surface area contributed by atoms with Gasteiger partial charge in [0, 0.05) is 30.6 Å². The lowest BCUT2D eigenvalue weighted by Crippen LogP contribution is -2.29. The molecule has 1 aliphatic rings. The highest BCUT2D eigenvalue weighted by Crippen LogP contribution is 2.28. The van der Waals surface area contributed by atoms with E-state index in [0.29, 0.717) is 24.6 Å². The average Bonchev–Trinajstić information content (AvgIpc) is 3.33. The normalized spacial score (nSPS) is 12.9. The number of nitrogens with zero attached hydrogens (tertiary/aromatic N) is 3. The standard InChI is InChI=1S/C20H19N3O3/c1-25-16-8-6-15(7-9-16)20-22-21-18(26-20)10-11-19(24)23-13-12-14-4-2-3-5-17(14)23/h2-9H,10-13H2,1H3. The van der Waals surface area contributed by atoms with E-state index in [9.17, 15) is 4.79 Å². The number of rotatable bonds is 5. The van der Waals surface area contributed by atoms with Crippen molar-refractivity contribution < 1.29 is 13.9 Å². The Morgan fingerprint density at radius 3 is 2.77 bits per heavy atom. The maximum absolute atomic E-state index is 12.6. The number of benzene rings is 2. The Hall–Kier alpha value is -3.15. The fourth-order valence-electron chi connectivity index (χ4n) is 3.15. The number of methoxy groups -OCH3 is 1. The van der Waals surface area contributed by atoms with Crippen molar-refractivity contribution in [2.45, 2.75) is 19.3 Å². The predicted molar refractivity (Wildman–Crippen MR) is 97.1 cm³/mol. The zero-order chi connectivity index (χ0) is 17.9. The summed E-state index contributed by atoms with van der Waals surface area (Å²) in [6.07, 6.45) is 1.68. The van der Waals surface area contributed by atoms with Gasteiger partial charge in [0.25, 0.3) is 0 Å². The second-order valence-electron chi connectivity index (χ2n) is 6.15. The average molecular weight is 349 g/mol. The third-order valence-electron chi connectivity index (χ3n) is 4.54. The van der Waals surface area contributed by atoms with Crippen molar-refractivity contribution >= 4 is 11.6 Å². The van der Waals surface area contributed by atoms with Gasteiger partial charge in [0.05, 0.1) is 7.11 Å². The summed E-state index contributed by atoms with van der Waals surface area (Å²) >= 11 is 0. The summed E-state index contributed by atoms with van der Waals surface area (Å²) in [4.78, 5) is 14.4. The van der Waals surface area contributed by atoms with E-state index < -0.39 is 0 Å². The van der Waals surface area contributed by atoms with Crippen LogP contribution in [0.1, 0.15) is 17.9 Å². The maximum atomic E-state index is 12.6. The number of anilines is 1. The summed E-state index contributed by atoms with van der Waals surface area (Å²) in [6, 6.07) is 15.4. The van der Waals surface area contributed by atoms with Gasteiger partial charge in [-0.3, -0.25) is 4.79 Å². The molecule has 26 heavy (non-hydrogen) atoms. The van der Waals surface area contributed by atoms with Crippen molar-refractivity contribution in [2.75, 3.05) is 18.6 Å². The molecule has 2 heterocycles. The smallest absolute Gasteiger partial charge is 0.247 e. The van der Waals surface area contributed by atoms with E-state index in [0.717, 1.165) is 30.0 Å². The maximum Gasteiger partial charge on any atom is 0.247 e. The van der Waals surface area contributed by atoms with E-state index in [1.54, 1.807) is 7.11 Å². The molecular formula is C20H19N3O3. The van der Waals surface area contributed by atoms with Crippen LogP contribution in [0.3, 0.4) is 0 Å². The minimum absolute atomic E-state index is 0.0825. The fraction of sp³-hybridized carbons (Fsp3) is 0.250. The highest BCUT2D eigenvalue weighted by molar-refractivity contribution is 5.95. The topological polar surface area (TPSA) is 68.5 Å². The van der Waals surface area contributed by atoms with Crippen LogP contribution in [0.2, 0.25) is 0 Å². The lowest BCUT2D eigenvalue weighted by molar-refractivity contribution is -0.118. The van der Waals surface area contributed by atoms with Crippen LogP contribution >= 0.6 is 0 Å². The van der Waals surface area contributed by atoms with Gasteiger partial charge in [-0.25, -0.2) is 0 Å². The molecule has 1 amide bonds. The first kappa shape index (κ1) is 16.3. The highest BCUT2D eigenvalue weighted by atomic mass is 16.5. The summed E-state index contributed by atoms with van der Waals surface area (Å²) in [5, 5.41) is 8.13. The number of fused-ring (bicyclic) bond motifs is 1. The second-order valence-corrected chi connectivity index (χ2v) is 6.15. The van der Waals surface area contributed by atoms with Gasteiger partial charge in [-0.2, -0.15) is 0 Å². The number of carbonyl (C=O) groups excluding carboxylic acids is 1. The molecule has 0 spiro atoms. The summed E-state index contributed by atoms with van der Waals surface area (Å²) < 4.78 is 10.8. The summed E-state index contributed by atoms with van der Waals surface area (Å²) in [5.74, 6) is 1.77. The fourth-order valence-corrected chi connectivity index (χ4v) is 3.15. The monoisotopic (exact) mass is 349 g/mol. The van der Waals surface area contributed by atoms with Crippen LogP contribution < -0.4 is 9.64 Å². The molecule has 132 valence electrons. The van der Waals surface area contributed by atoms with Crippen molar-refractivity contribution in [1.29, 1.82) is 0 Å². The Bertz CT molecular complexity index is 918. The summed E-state index contributed by atoms with van der Waals surface area (Å²) in [6.45, 7) is 0.735. The Balaban J connectivity index is 1.39. The minimum atomic E-state index is 0.0825. The van der Waals surface area contributed by atoms with E-state index in [2.05, 4.69) is 16.3 Å². The largest absolute Gasteiger partial charge is 0.497 e. The first-order valence-electron chi connectivity index (χ1n) is 8.59. The molecular weight excluding hydrogens is 330 g/mol. The third kappa shape index (κ3) is 3.18. The number of aromatic nitrogens is 2. The lowest BCUT2D eigenvalue weighted by Gasteiger charge is -2.16. The number of amides is 1. The molecule has 0 aliphatic carbocycles. The van der Waals surface area contributed by atoms with E-state index in [1.165, 1.54) is 5.56 Å². The molecule has 1 aromatic heterocycles. The molecule has 0 unspecified atom stereocenters. The molecule has 3 aromatic rings. The molecule has 6 heteroatoms. The SMILES string of the molecule is COc1ccc(-c2nnc(CCC(=O)N3CCc4ccccc43)o2)cc1. The zero-order valence-corrected chi connectivity index (χ0v) is 14.5. The quantitative estimate of drug-likeness (QED) is 0.707. The molecule has 0 N–H and O–H groups in total. The third-order valence-corrected chi connectivity index (χ3v) is 4.54. The van der Waals surface area contributed by atoms with Crippen molar-refractivity contribution in [3.8, 4) is 17.2 Å². The van der Waals surface area contributed by atoms with Gasteiger partial charge in [0.15, 0.2) is 0 Å². The van der Waals surface area contributed by atoms with Crippen LogP contribution in [0.5, 0.6) is 5.75 Å². The zero-order valence-electron chi connectivity index (χ0n) is 14.5. The number of aryl methyl sites for hydroxylation is 1. The highest BCUT2D eigenvalue weighted by Gasteiger charge is 2.24. The number of para-hydroxylation sites is 1. The van der Waals surface area contributed by atoms with Crippen molar-refractivity contribution in [3.05, 3.63) is 60.0 Å². The molecule has 0 bridgehead atoms. The number of carbonyl (C=O) groups is 1. The Morgan fingerprint density at radius 1 is 1.15 bits per heavy atom. The van der Waals surface area contributed by atoms with Gasteiger partial charge in [0.2, 0.25) is 17.7 Å². The number of hydrogen-bond acceptors (Lipinski definition) is 5. The molecule has 4 rings (SSSR count). The van der Waals surface area contributed by atoms with Crippen LogP contribution in [0, 0.1) is 0 Å². The van der Waals surface area contributed by atoms with Crippen LogP contribution in [0.15, 0.2) is 52.9 Å². The van der Waals surface area contributed by atoms with E-state index in [1.807, 2.05) is 47.4 Å². The first-order valence-corrected chi connectivity index (χ1v) is 8.59. The summed E-state index contributed by atoms with van der Waals surface area (Å²) in [5.41, 5.74) is 3.06. The molecule has 6 nitrogen and oxygen atoms in total. The van der Waals surface area contributed by atoms with Gasteiger partial charge in [-0.05, 0) is 42.3 Å². The van der Waals surface area contributed by atoms with Crippen molar-refractivity contribution in [2.24, 2.45) is 0 Å². The Morgan fingerprint density at radius 2 is 1.96 bits per heavy atom. The predicted octanol–water partition coefficient (Wildman–Crippen LogP) is 3.27. The van der Waals surface area contributed by atoms with E-state index in [4.69, 9.17) is 9.15 Å². The van der Waals surface area contributed by atoms with E-state index >= 15 is 0 Å². The van der Waals surface area contributed by atoms with Crippen molar-refractivity contribution in [1.82, 2.24) is 10.2 Å². The molecule has 0 fully saturated rings. The Labute approximate surface area is 151 Å². The number of hydrogen-bond donors (Lipinski definition) is 0. The lowest BCUT2D eigenvalue weighted by atomic mass is 10.2. The second kappa shape index (κ2) is 7.00. The van der Waals surface area contributed by atoms with Gasteiger partial charge >= 0.3 is 0 Å². The molecule has 1 aliphatic heterocycles. The van der Waals surface area contributed by atoms with Gasteiger partial charge in [-0.15, -0.1) is 10.2 Å². The number of ether oxygens (including phenoxy) is 1. The van der Waals surface area contributed by atoms with E-state index in [-0.39, 0.29) is 5.91 Å². The van der Waals surface area contributed by atoms with Gasteiger partial charge in [-0.1, -0.05) is 18.2 Å². The van der Waals surface area contributed by atoms with Crippen LogP contribution in [-0.2, 0) is 17.6 Å². The summed E-state index contributed by atoms with van der Waals surface area (Å²) in [7, 11) is 1.62. The molecule has 0 atom stereocenters. The first-order chi connectivity index (χ1) is 12.7. The van der Waals surface area contributed by atoms with Gasteiger partial charge in [0.1, 0.15) is 5.75 Å².